The van der Waals surface area contributed by atoms with Crippen molar-refractivity contribution in [3.63, 3.8) is 0 Å². The van der Waals surface area contributed by atoms with E-state index in [4.69, 9.17) is 4.74 Å². The fourth-order valence-electron chi connectivity index (χ4n) is 3.45. The van der Waals surface area contributed by atoms with Crippen LogP contribution in [0.3, 0.4) is 0 Å². The van der Waals surface area contributed by atoms with E-state index in [0.29, 0.717) is 43.7 Å². The number of nitrogens with zero attached hydrogens (tertiary/aromatic N) is 1. The van der Waals surface area contributed by atoms with Crippen LogP contribution in [-0.2, 0) is 14.8 Å². The summed E-state index contributed by atoms with van der Waals surface area (Å²) in [6.07, 6.45) is 1.07. The van der Waals surface area contributed by atoms with Crippen LogP contribution in [-0.4, -0.2) is 45.4 Å². The molecule has 140 valence electrons. The first-order chi connectivity index (χ1) is 12.5. The predicted octanol–water partition coefficient (Wildman–Crippen LogP) is 2.39. The maximum Gasteiger partial charge on any atom is 0.243 e. The summed E-state index contributed by atoms with van der Waals surface area (Å²) in [6.45, 7) is 3.11. The van der Waals surface area contributed by atoms with E-state index in [-0.39, 0.29) is 16.7 Å². The van der Waals surface area contributed by atoms with E-state index in [9.17, 15) is 13.2 Å². The highest BCUT2D eigenvalue weighted by atomic mass is 32.2. The average molecular weight is 376 g/mol. The van der Waals surface area contributed by atoms with E-state index < -0.39 is 10.0 Å². The van der Waals surface area contributed by atoms with Gasteiger partial charge in [-0.15, -0.1) is 0 Å². The number of amides is 1. The zero-order valence-electron chi connectivity index (χ0n) is 15.1. The van der Waals surface area contributed by atoms with Gasteiger partial charge in [-0.05, 0) is 31.9 Å². The van der Waals surface area contributed by atoms with Crippen molar-refractivity contribution in [2.45, 2.75) is 24.7 Å². The molecule has 2 aromatic carbocycles. The van der Waals surface area contributed by atoms with Gasteiger partial charge in [-0.3, -0.25) is 4.79 Å². The summed E-state index contributed by atoms with van der Waals surface area (Å²) in [5.74, 6) is 0.539. The molecule has 0 aromatic heterocycles. The first kappa shape index (κ1) is 18.7. The van der Waals surface area contributed by atoms with Crippen LogP contribution in [0, 0.1) is 5.92 Å². The SMILES string of the molecule is CCOc1ccc(S(=O)(=O)N2CCC(C(=O)NC)CC2)c2ccccc12. The molecule has 1 amide bonds. The Bertz CT molecular complexity index is 903. The largest absolute Gasteiger partial charge is 0.493 e. The van der Waals surface area contributed by atoms with E-state index in [1.54, 1.807) is 19.2 Å². The molecule has 1 saturated heterocycles. The second-order valence-corrected chi connectivity index (χ2v) is 8.24. The van der Waals surface area contributed by atoms with Gasteiger partial charge in [0.05, 0.1) is 11.5 Å². The Kier molecular flexibility index (Phi) is 5.48. The van der Waals surface area contributed by atoms with Crippen LogP contribution in [0.5, 0.6) is 5.75 Å². The molecule has 1 aliphatic heterocycles. The van der Waals surface area contributed by atoms with Crippen LogP contribution in [0.2, 0.25) is 0 Å². The number of hydrogen-bond donors (Lipinski definition) is 1. The molecule has 0 spiro atoms. The second kappa shape index (κ2) is 7.63. The molecule has 0 unspecified atom stereocenters. The normalized spacial score (nSPS) is 16.5. The zero-order valence-corrected chi connectivity index (χ0v) is 15.9. The summed E-state index contributed by atoms with van der Waals surface area (Å²) < 4.78 is 33.5. The van der Waals surface area contributed by atoms with Crippen LogP contribution in [0.15, 0.2) is 41.3 Å². The van der Waals surface area contributed by atoms with Gasteiger partial charge in [0.1, 0.15) is 5.75 Å². The van der Waals surface area contributed by atoms with Crippen molar-refractivity contribution in [1.29, 1.82) is 0 Å². The number of nitrogens with one attached hydrogen (secondary N) is 1. The summed E-state index contributed by atoms with van der Waals surface area (Å²) in [5.41, 5.74) is 0. The summed E-state index contributed by atoms with van der Waals surface area (Å²) in [5, 5.41) is 4.09. The molecule has 7 heteroatoms. The quantitative estimate of drug-likeness (QED) is 0.869. The van der Waals surface area contributed by atoms with E-state index in [2.05, 4.69) is 5.32 Å². The number of fused-ring (bicyclic) bond motifs is 1. The van der Waals surface area contributed by atoms with Crippen molar-refractivity contribution in [2.24, 2.45) is 5.92 Å². The van der Waals surface area contributed by atoms with Gasteiger partial charge in [0, 0.05) is 36.8 Å². The van der Waals surface area contributed by atoms with Crippen LogP contribution in [0.1, 0.15) is 19.8 Å². The minimum absolute atomic E-state index is 0.0198. The van der Waals surface area contributed by atoms with Crippen LogP contribution in [0.25, 0.3) is 10.8 Å². The molecule has 1 aliphatic rings. The van der Waals surface area contributed by atoms with Crippen LogP contribution < -0.4 is 10.1 Å². The van der Waals surface area contributed by atoms with Crippen molar-refractivity contribution in [1.82, 2.24) is 9.62 Å². The van der Waals surface area contributed by atoms with Crippen molar-refractivity contribution >= 4 is 26.7 Å². The lowest BCUT2D eigenvalue weighted by molar-refractivity contribution is -0.125. The molecule has 26 heavy (non-hydrogen) atoms. The Morgan fingerprint density at radius 1 is 1.15 bits per heavy atom. The molecule has 0 radical (unpaired) electrons. The maximum atomic E-state index is 13.2. The molecule has 1 N–H and O–H groups in total. The summed E-state index contributed by atoms with van der Waals surface area (Å²) in [6, 6.07) is 10.7. The third kappa shape index (κ3) is 3.41. The van der Waals surface area contributed by atoms with Gasteiger partial charge in [0.15, 0.2) is 0 Å². The third-order valence-corrected chi connectivity index (χ3v) is 6.79. The number of ether oxygens (including phenoxy) is 1. The minimum Gasteiger partial charge on any atom is -0.493 e. The van der Waals surface area contributed by atoms with Crippen molar-refractivity contribution in [2.75, 3.05) is 26.7 Å². The standard InChI is InChI=1S/C19H24N2O4S/c1-3-25-17-8-9-18(16-7-5-4-6-15(16)17)26(23,24)21-12-10-14(11-13-21)19(22)20-2/h4-9,14H,3,10-13H2,1-2H3,(H,20,22). The van der Waals surface area contributed by atoms with Crippen molar-refractivity contribution < 1.29 is 17.9 Å². The highest BCUT2D eigenvalue weighted by Crippen LogP contribution is 2.33. The first-order valence-corrected chi connectivity index (χ1v) is 10.3. The predicted molar refractivity (Wildman–Crippen MR) is 101 cm³/mol. The van der Waals surface area contributed by atoms with Crippen molar-refractivity contribution in [3.05, 3.63) is 36.4 Å². The second-order valence-electron chi connectivity index (χ2n) is 6.33. The number of carbonyl (C=O) groups excluding carboxylic acids is 1. The van der Waals surface area contributed by atoms with E-state index in [1.807, 2.05) is 31.2 Å². The fourth-order valence-corrected chi connectivity index (χ4v) is 5.12. The Hall–Kier alpha value is -2.12. The van der Waals surface area contributed by atoms with Gasteiger partial charge in [0.2, 0.25) is 15.9 Å². The monoisotopic (exact) mass is 376 g/mol. The highest BCUT2D eigenvalue weighted by Gasteiger charge is 2.32. The van der Waals surface area contributed by atoms with E-state index in [0.717, 1.165) is 5.39 Å². The maximum absolute atomic E-state index is 13.2. The molecule has 1 heterocycles. The number of benzene rings is 2. The number of rotatable bonds is 5. The number of piperidine rings is 1. The molecule has 3 rings (SSSR count). The molecule has 2 aromatic rings. The smallest absolute Gasteiger partial charge is 0.243 e. The molecule has 0 saturated carbocycles. The fraction of sp³-hybridized carbons (Fsp3) is 0.421. The van der Waals surface area contributed by atoms with Gasteiger partial charge in [0.25, 0.3) is 0 Å². The summed E-state index contributed by atoms with van der Waals surface area (Å²) in [7, 11) is -2.02. The van der Waals surface area contributed by atoms with Gasteiger partial charge >= 0.3 is 0 Å². The molecule has 1 fully saturated rings. The van der Waals surface area contributed by atoms with E-state index >= 15 is 0 Å². The Morgan fingerprint density at radius 2 is 1.81 bits per heavy atom. The summed E-state index contributed by atoms with van der Waals surface area (Å²) >= 11 is 0. The minimum atomic E-state index is -3.63. The van der Waals surface area contributed by atoms with Gasteiger partial charge < -0.3 is 10.1 Å². The summed E-state index contributed by atoms with van der Waals surface area (Å²) in [4.78, 5) is 12.1. The number of hydrogen-bond acceptors (Lipinski definition) is 4. The zero-order chi connectivity index (χ0) is 18.7. The molecule has 0 atom stereocenters. The Morgan fingerprint density at radius 3 is 2.42 bits per heavy atom. The number of carbonyl (C=O) groups is 1. The van der Waals surface area contributed by atoms with Crippen LogP contribution >= 0.6 is 0 Å². The Labute approximate surface area is 154 Å². The molecular weight excluding hydrogens is 352 g/mol. The van der Waals surface area contributed by atoms with Gasteiger partial charge in [-0.1, -0.05) is 24.3 Å². The van der Waals surface area contributed by atoms with Crippen LogP contribution in [0.4, 0.5) is 0 Å². The lowest BCUT2D eigenvalue weighted by Crippen LogP contribution is -2.42. The molecular formula is C19H24N2O4S. The lowest BCUT2D eigenvalue weighted by atomic mass is 9.97. The number of sulfonamides is 1. The Balaban J connectivity index is 1.93. The molecule has 0 bridgehead atoms. The third-order valence-electron chi connectivity index (χ3n) is 4.83. The molecule has 6 nitrogen and oxygen atoms in total. The first-order valence-electron chi connectivity index (χ1n) is 8.85. The lowest BCUT2D eigenvalue weighted by Gasteiger charge is -2.30. The van der Waals surface area contributed by atoms with E-state index in [1.165, 1.54) is 4.31 Å². The van der Waals surface area contributed by atoms with Crippen molar-refractivity contribution in [3.8, 4) is 5.75 Å². The topological polar surface area (TPSA) is 75.7 Å². The molecule has 0 aliphatic carbocycles. The van der Waals surface area contributed by atoms with Gasteiger partial charge in [-0.2, -0.15) is 4.31 Å². The van der Waals surface area contributed by atoms with Gasteiger partial charge in [-0.25, -0.2) is 8.42 Å². The average Bonchev–Trinajstić information content (AvgIpc) is 2.67. The highest BCUT2D eigenvalue weighted by molar-refractivity contribution is 7.89.